The van der Waals surface area contributed by atoms with E-state index < -0.39 is 12.2 Å². The molecule has 0 aliphatic heterocycles. The first-order valence-electron chi connectivity index (χ1n) is 14.4. The average molecular weight is 585 g/mol. The fourth-order valence-electron chi connectivity index (χ4n) is 5.84. The normalized spacial score (nSPS) is 21.6. The van der Waals surface area contributed by atoms with Crippen molar-refractivity contribution in [2.24, 2.45) is 5.92 Å². The molecule has 41 heavy (non-hydrogen) atoms. The predicted molar refractivity (Wildman–Crippen MR) is 164 cm³/mol. The summed E-state index contributed by atoms with van der Waals surface area (Å²) < 4.78 is 15.0. The predicted octanol–water partition coefficient (Wildman–Crippen LogP) is 4.61. The fourth-order valence-corrected chi connectivity index (χ4v) is 6.01. The molecule has 0 unspecified atom stereocenters. The molecule has 1 aromatic carbocycles. The van der Waals surface area contributed by atoms with Gasteiger partial charge in [0, 0.05) is 24.2 Å². The van der Waals surface area contributed by atoms with Gasteiger partial charge in [-0.2, -0.15) is 4.98 Å². The maximum absolute atomic E-state index is 13.1. The van der Waals surface area contributed by atoms with Crippen LogP contribution in [0.3, 0.4) is 0 Å². The highest BCUT2D eigenvalue weighted by atomic mass is 35.5. The third-order valence-electron chi connectivity index (χ3n) is 8.04. The summed E-state index contributed by atoms with van der Waals surface area (Å²) in [6.45, 7) is 10.1. The van der Waals surface area contributed by atoms with Gasteiger partial charge >= 0.3 is 0 Å². The van der Waals surface area contributed by atoms with Crippen LogP contribution in [0.5, 0.6) is 0 Å². The van der Waals surface area contributed by atoms with Crippen molar-refractivity contribution in [3.63, 3.8) is 0 Å². The molecule has 0 spiro atoms. The molecule has 8 nitrogen and oxygen atoms in total. The van der Waals surface area contributed by atoms with E-state index in [-0.39, 0.29) is 28.9 Å². The SMILES string of the molecule is C/C=C\C(=C/C)c1cn([C@@H]2C[C@H](CN(CC)CCCNCCc3ccc(F)cc3)[C@@H](O)[C@H]2O)c2nc(Cl)nc(N)c12. The number of anilines is 1. The highest BCUT2D eigenvalue weighted by Crippen LogP contribution is 2.41. The van der Waals surface area contributed by atoms with Gasteiger partial charge in [-0.05, 0) is 94.2 Å². The zero-order chi connectivity index (χ0) is 29.5. The Hall–Kier alpha value is -2.82. The van der Waals surface area contributed by atoms with Crippen molar-refractivity contribution < 1.29 is 14.6 Å². The molecule has 222 valence electrons. The van der Waals surface area contributed by atoms with E-state index in [4.69, 9.17) is 17.3 Å². The number of benzene rings is 1. The molecule has 4 rings (SSSR count). The number of rotatable bonds is 13. The third-order valence-corrected chi connectivity index (χ3v) is 8.21. The van der Waals surface area contributed by atoms with E-state index in [1.165, 1.54) is 12.1 Å². The van der Waals surface area contributed by atoms with Gasteiger partial charge in [-0.15, -0.1) is 0 Å². The van der Waals surface area contributed by atoms with Crippen LogP contribution in [-0.2, 0) is 6.42 Å². The Morgan fingerprint density at radius 2 is 1.95 bits per heavy atom. The van der Waals surface area contributed by atoms with E-state index in [1.54, 1.807) is 0 Å². The summed E-state index contributed by atoms with van der Waals surface area (Å²) in [7, 11) is 0. The molecule has 1 fully saturated rings. The number of allylic oxidation sites excluding steroid dienone is 4. The molecule has 2 aromatic heterocycles. The number of halogens is 2. The minimum Gasteiger partial charge on any atom is -0.390 e. The minimum atomic E-state index is -0.957. The van der Waals surface area contributed by atoms with Gasteiger partial charge in [-0.25, -0.2) is 9.37 Å². The second-order valence-electron chi connectivity index (χ2n) is 10.7. The molecular weight excluding hydrogens is 543 g/mol. The van der Waals surface area contributed by atoms with E-state index in [9.17, 15) is 14.6 Å². The van der Waals surface area contributed by atoms with Crippen LogP contribution in [-0.4, -0.2) is 74.6 Å². The van der Waals surface area contributed by atoms with Gasteiger partial charge in [0.05, 0.1) is 17.5 Å². The summed E-state index contributed by atoms with van der Waals surface area (Å²) in [6, 6.07) is 6.24. The second kappa shape index (κ2) is 14.4. The molecule has 1 saturated carbocycles. The third kappa shape index (κ3) is 7.34. The quantitative estimate of drug-likeness (QED) is 0.132. The highest BCUT2D eigenvalue weighted by Gasteiger charge is 2.43. The summed E-state index contributed by atoms with van der Waals surface area (Å²) in [4.78, 5) is 11.0. The van der Waals surface area contributed by atoms with Gasteiger partial charge in [-0.3, -0.25) is 0 Å². The van der Waals surface area contributed by atoms with Crippen molar-refractivity contribution in [2.75, 3.05) is 38.5 Å². The molecule has 0 bridgehead atoms. The number of nitrogens with one attached hydrogen (secondary N) is 1. The number of aliphatic hydroxyl groups excluding tert-OH is 2. The van der Waals surface area contributed by atoms with Crippen LogP contribution >= 0.6 is 11.6 Å². The summed E-state index contributed by atoms with van der Waals surface area (Å²) in [5.41, 5.74) is 9.79. The Balaban J connectivity index is 1.40. The molecule has 0 radical (unpaired) electrons. The molecule has 1 aliphatic carbocycles. The van der Waals surface area contributed by atoms with Gasteiger partial charge in [0.15, 0.2) is 0 Å². The number of fused-ring (bicyclic) bond motifs is 1. The lowest BCUT2D eigenvalue weighted by Crippen LogP contribution is -2.37. The van der Waals surface area contributed by atoms with Gasteiger partial charge in [0.2, 0.25) is 5.28 Å². The minimum absolute atomic E-state index is 0.0435. The van der Waals surface area contributed by atoms with Crippen molar-refractivity contribution in [2.45, 2.75) is 58.3 Å². The molecule has 0 amide bonds. The first-order valence-corrected chi connectivity index (χ1v) is 14.8. The Kier molecular flexibility index (Phi) is 10.9. The number of hydrogen-bond acceptors (Lipinski definition) is 7. The van der Waals surface area contributed by atoms with Crippen LogP contribution in [0.2, 0.25) is 5.28 Å². The van der Waals surface area contributed by atoms with Crippen LogP contribution in [0.4, 0.5) is 10.2 Å². The summed E-state index contributed by atoms with van der Waals surface area (Å²) in [5.74, 6) is -0.0337. The maximum Gasteiger partial charge on any atom is 0.226 e. The van der Waals surface area contributed by atoms with Gasteiger partial charge in [-0.1, -0.05) is 37.3 Å². The topological polar surface area (TPSA) is 112 Å². The smallest absolute Gasteiger partial charge is 0.226 e. The van der Waals surface area contributed by atoms with E-state index >= 15 is 0 Å². The van der Waals surface area contributed by atoms with Crippen LogP contribution in [0.1, 0.15) is 50.8 Å². The van der Waals surface area contributed by atoms with Gasteiger partial charge in [0.1, 0.15) is 23.4 Å². The standard InChI is InChI=1S/C31H42ClFN6O2/c1-4-8-21(5-2)24-19-39(30-26(24)29(34)36-31(32)37-30)25-17-22(27(40)28(25)41)18-38(6-3)16-7-14-35-15-13-20-9-11-23(33)12-10-20/h4-5,8-12,19,22,25,27-28,35,40-41H,6-7,13-18H2,1-3H3,(H2,34,36,37)/b8-4-,21-5+/t22-,25-,27-,28+/m1/s1. The van der Waals surface area contributed by atoms with Gasteiger partial charge < -0.3 is 30.7 Å². The molecule has 2 heterocycles. The number of nitrogens with two attached hydrogens (primary N) is 1. The second-order valence-corrected chi connectivity index (χ2v) is 11.0. The van der Waals surface area contributed by atoms with E-state index in [0.717, 1.165) is 55.7 Å². The van der Waals surface area contributed by atoms with Crippen molar-refractivity contribution >= 4 is 34.0 Å². The monoisotopic (exact) mass is 584 g/mol. The Morgan fingerprint density at radius 1 is 1.20 bits per heavy atom. The largest absolute Gasteiger partial charge is 0.390 e. The van der Waals surface area contributed by atoms with Crippen molar-refractivity contribution in [1.82, 2.24) is 24.8 Å². The Bertz CT molecular complexity index is 1360. The number of aliphatic hydroxyl groups is 2. The lowest BCUT2D eigenvalue weighted by molar-refractivity contribution is 0.000571. The van der Waals surface area contributed by atoms with Crippen LogP contribution in [0, 0.1) is 11.7 Å². The molecule has 3 aromatic rings. The van der Waals surface area contributed by atoms with E-state index in [1.807, 2.05) is 55.0 Å². The zero-order valence-corrected chi connectivity index (χ0v) is 24.9. The van der Waals surface area contributed by atoms with E-state index in [2.05, 4.69) is 27.1 Å². The molecule has 10 heteroatoms. The summed E-state index contributed by atoms with van der Waals surface area (Å²) in [5, 5.41) is 26.5. The van der Waals surface area contributed by atoms with Crippen LogP contribution in [0.25, 0.3) is 16.6 Å². The number of nitrogens with zero attached hydrogens (tertiary/aromatic N) is 4. The molecular formula is C31H42ClFN6O2. The zero-order valence-electron chi connectivity index (χ0n) is 24.1. The summed E-state index contributed by atoms with van der Waals surface area (Å²) in [6.07, 6.45) is 8.47. The lowest BCUT2D eigenvalue weighted by Gasteiger charge is -2.26. The number of nitrogen functional groups attached to an aromatic ring is 1. The molecule has 5 N–H and O–H groups in total. The number of hydrogen-bond donors (Lipinski definition) is 4. The molecule has 1 aliphatic rings. The first-order chi connectivity index (χ1) is 19.8. The molecule has 0 saturated heterocycles. The fraction of sp³-hybridized carbons (Fsp3) is 0.484. The maximum atomic E-state index is 13.1. The van der Waals surface area contributed by atoms with Crippen molar-refractivity contribution in [3.8, 4) is 0 Å². The van der Waals surface area contributed by atoms with Gasteiger partial charge in [0.25, 0.3) is 0 Å². The Labute approximate surface area is 246 Å². The van der Waals surface area contributed by atoms with Crippen molar-refractivity contribution in [1.29, 1.82) is 0 Å². The van der Waals surface area contributed by atoms with Crippen LogP contribution < -0.4 is 11.1 Å². The Morgan fingerprint density at radius 3 is 2.63 bits per heavy atom. The lowest BCUT2D eigenvalue weighted by atomic mass is 10.0. The van der Waals surface area contributed by atoms with E-state index in [0.29, 0.717) is 24.0 Å². The molecule has 4 atom stereocenters. The average Bonchev–Trinajstić information content (AvgIpc) is 3.46. The highest BCUT2D eigenvalue weighted by molar-refractivity contribution is 6.28. The summed E-state index contributed by atoms with van der Waals surface area (Å²) >= 11 is 6.20. The number of aromatic nitrogens is 3. The van der Waals surface area contributed by atoms with Crippen LogP contribution in [0.15, 0.2) is 48.7 Å². The first kappa shape index (κ1) is 31.1. The van der Waals surface area contributed by atoms with Crippen molar-refractivity contribution in [3.05, 3.63) is 70.9 Å².